The predicted molar refractivity (Wildman–Crippen MR) is 87.8 cm³/mol. The average Bonchev–Trinajstić information content (AvgIpc) is 2.91. The van der Waals surface area contributed by atoms with Gasteiger partial charge in [-0.2, -0.15) is 0 Å². The minimum atomic E-state index is -0.785. The van der Waals surface area contributed by atoms with E-state index in [1.54, 1.807) is 36.2 Å². The number of aliphatic hydroxyl groups excluding tert-OH is 1. The van der Waals surface area contributed by atoms with E-state index in [1.807, 2.05) is 20.8 Å². The molecule has 0 aromatic heterocycles. The fraction of sp³-hybridized carbons (Fsp3) is 0.562. The topological polar surface area (TPSA) is 91.4 Å². The van der Waals surface area contributed by atoms with Gasteiger partial charge in [0.25, 0.3) is 5.91 Å². The van der Waals surface area contributed by atoms with Gasteiger partial charge in [-0.1, -0.05) is 12.1 Å². The summed E-state index contributed by atoms with van der Waals surface area (Å²) in [4.78, 5) is 19.5. The third-order valence-electron chi connectivity index (χ3n) is 4.03. The van der Waals surface area contributed by atoms with Crippen molar-refractivity contribution >= 4 is 11.6 Å². The number of benzene rings is 1. The molecule has 0 radical (unpaired) electrons. The SMILES string of the molecule is CN(/[N+]([O-])=N/OC1CCN(c2cccc(CO)c2)C1=O)C(C)(C)C. The molecule has 2 rings (SSSR count). The van der Waals surface area contributed by atoms with E-state index in [0.29, 0.717) is 23.6 Å². The molecule has 8 heteroatoms. The van der Waals surface area contributed by atoms with Gasteiger partial charge >= 0.3 is 0 Å². The van der Waals surface area contributed by atoms with Crippen molar-refractivity contribution in [2.45, 2.75) is 45.4 Å². The van der Waals surface area contributed by atoms with Gasteiger partial charge < -0.3 is 20.1 Å². The Morgan fingerprint density at radius 2 is 2.21 bits per heavy atom. The summed E-state index contributed by atoms with van der Waals surface area (Å²) < 4.78 is 0. The van der Waals surface area contributed by atoms with E-state index in [4.69, 9.17) is 4.84 Å². The summed E-state index contributed by atoms with van der Waals surface area (Å²) in [5, 5.41) is 26.0. The first-order valence-corrected chi connectivity index (χ1v) is 7.83. The smallest absolute Gasteiger partial charge is 0.271 e. The Balaban J connectivity index is 2.04. The molecule has 1 aromatic rings. The van der Waals surface area contributed by atoms with Crippen molar-refractivity contribution in [1.82, 2.24) is 5.01 Å². The quantitative estimate of drug-likeness (QED) is 0.503. The van der Waals surface area contributed by atoms with Gasteiger partial charge in [0.15, 0.2) is 0 Å². The predicted octanol–water partition coefficient (Wildman–Crippen LogP) is 1.82. The number of amides is 1. The number of carbonyl (C=O) groups is 1. The van der Waals surface area contributed by atoms with Crippen LogP contribution in [0, 0.1) is 5.21 Å². The molecule has 1 aliphatic rings. The van der Waals surface area contributed by atoms with Crippen LogP contribution in [0.3, 0.4) is 0 Å². The van der Waals surface area contributed by atoms with Crippen LogP contribution >= 0.6 is 0 Å². The van der Waals surface area contributed by atoms with E-state index >= 15 is 0 Å². The lowest BCUT2D eigenvalue weighted by Gasteiger charge is -2.26. The molecule has 1 aliphatic heterocycles. The van der Waals surface area contributed by atoms with Crippen LogP contribution in [0.5, 0.6) is 0 Å². The maximum absolute atomic E-state index is 12.4. The Morgan fingerprint density at radius 1 is 1.50 bits per heavy atom. The van der Waals surface area contributed by atoms with E-state index in [0.717, 1.165) is 5.56 Å². The summed E-state index contributed by atoms with van der Waals surface area (Å²) in [5.74, 6) is -0.249. The van der Waals surface area contributed by atoms with Crippen LogP contribution < -0.4 is 4.90 Å². The van der Waals surface area contributed by atoms with Crippen LogP contribution in [0.15, 0.2) is 29.5 Å². The maximum atomic E-state index is 12.4. The van der Waals surface area contributed by atoms with E-state index in [1.165, 1.54) is 5.01 Å². The van der Waals surface area contributed by atoms with Gasteiger partial charge in [0.05, 0.1) is 24.2 Å². The first-order valence-electron chi connectivity index (χ1n) is 7.83. The van der Waals surface area contributed by atoms with Gasteiger partial charge in [0.2, 0.25) is 11.4 Å². The van der Waals surface area contributed by atoms with Gasteiger partial charge in [-0.15, -0.1) is 5.01 Å². The largest absolute Gasteiger partial charge is 0.569 e. The summed E-state index contributed by atoms with van der Waals surface area (Å²) in [5.41, 5.74) is 1.01. The van der Waals surface area contributed by atoms with Crippen molar-refractivity contribution in [1.29, 1.82) is 0 Å². The average molecular weight is 336 g/mol. The Hall–Kier alpha value is -2.35. The molecule has 0 aliphatic carbocycles. The van der Waals surface area contributed by atoms with Crippen LogP contribution in [-0.4, -0.2) is 46.2 Å². The normalized spacial score (nSPS) is 18.9. The summed E-state index contributed by atoms with van der Waals surface area (Å²) >= 11 is 0. The van der Waals surface area contributed by atoms with Crippen LogP contribution in [0.2, 0.25) is 0 Å². The number of hydrogen-bond donors (Lipinski definition) is 1. The summed E-state index contributed by atoms with van der Waals surface area (Å²) in [7, 11) is 1.60. The van der Waals surface area contributed by atoms with Crippen molar-refractivity contribution in [2.75, 3.05) is 18.5 Å². The van der Waals surface area contributed by atoms with Crippen molar-refractivity contribution in [3.05, 3.63) is 35.0 Å². The second-order valence-electron chi connectivity index (χ2n) is 6.73. The highest BCUT2D eigenvalue weighted by molar-refractivity contribution is 5.98. The van der Waals surface area contributed by atoms with Gasteiger partial charge in [0, 0.05) is 18.7 Å². The highest BCUT2D eigenvalue weighted by atomic mass is 16.7. The van der Waals surface area contributed by atoms with Gasteiger partial charge in [-0.05, 0) is 38.5 Å². The molecule has 1 atom stereocenters. The second kappa shape index (κ2) is 7.04. The molecule has 1 aromatic carbocycles. The Labute approximate surface area is 141 Å². The van der Waals surface area contributed by atoms with Gasteiger partial charge in [0.1, 0.15) is 0 Å². The van der Waals surface area contributed by atoms with E-state index in [-0.39, 0.29) is 12.5 Å². The zero-order valence-electron chi connectivity index (χ0n) is 14.5. The highest BCUT2D eigenvalue weighted by Gasteiger charge is 2.36. The van der Waals surface area contributed by atoms with Crippen LogP contribution in [0.4, 0.5) is 5.69 Å². The van der Waals surface area contributed by atoms with Crippen molar-refractivity contribution in [3.63, 3.8) is 0 Å². The number of anilines is 1. The van der Waals surface area contributed by atoms with E-state index < -0.39 is 11.6 Å². The lowest BCUT2D eigenvalue weighted by atomic mass is 10.1. The third-order valence-corrected chi connectivity index (χ3v) is 4.03. The maximum Gasteiger partial charge on any atom is 0.271 e. The Bertz CT molecular complexity index is 627. The van der Waals surface area contributed by atoms with Crippen LogP contribution in [-0.2, 0) is 16.2 Å². The fourth-order valence-corrected chi connectivity index (χ4v) is 2.24. The Kier molecular flexibility index (Phi) is 5.28. The first-order chi connectivity index (χ1) is 11.2. The van der Waals surface area contributed by atoms with Gasteiger partial charge in [-0.25, -0.2) is 0 Å². The molecule has 1 fully saturated rings. The van der Waals surface area contributed by atoms with Gasteiger partial charge in [-0.3, -0.25) is 4.79 Å². The standard InChI is InChI=1S/C16H24N4O4/c1-16(2,3)18(4)20(23)17-24-14-8-9-19(15(14)22)13-7-5-6-12(10-13)11-21/h5-7,10,14,21H,8-9,11H2,1-4H3/b20-17-. The molecule has 132 valence electrons. The first kappa shape index (κ1) is 18.0. The third kappa shape index (κ3) is 3.94. The highest BCUT2D eigenvalue weighted by Crippen LogP contribution is 2.24. The number of rotatable bonds is 5. The lowest BCUT2D eigenvalue weighted by molar-refractivity contribution is -0.720. The van der Waals surface area contributed by atoms with Crippen LogP contribution in [0.25, 0.3) is 0 Å². The minimum absolute atomic E-state index is 0.0879. The zero-order valence-corrected chi connectivity index (χ0v) is 14.5. The Morgan fingerprint density at radius 3 is 2.83 bits per heavy atom. The zero-order chi connectivity index (χ0) is 17.9. The molecule has 0 saturated carbocycles. The van der Waals surface area contributed by atoms with Crippen molar-refractivity contribution in [2.24, 2.45) is 5.28 Å². The molecule has 1 unspecified atom stereocenters. The fourth-order valence-electron chi connectivity index (χ4n) is 2.24. The molecule has 0 spiro atoms. The second-order valence-corrected chi connectivity index (χ2v) is 6.73. The monoisotopic (exact) mass is 336 g/mol. The number of carbonyl (C=O) groups excluding carboxylic acids is 1. The molecule has 1 saturated heterocycles. The van der Waals surface area contributed by atoms with E-state index in [2.05, 4.69) is 5.28 Å². The minimum Gasteiger partial charge on any atom is -0.569 e. The molecule has 8 nitrogen and oxygen atoms in total. The number of aliphatic hydroxyl groups is 1. The molecule has 24 heavy (non-hydrogen) atoms. The summed E-state index contributed by atoms with van der Waals surface area (Å²) in [6.07, 6.45) is -0.341. The number of hydrogen-bond acceptors (Lipinski definition) is 5. The molecule has 1 heterocycles. The molecular weight excluding hydrogens is 312 g/mol. The lowest BCUT2D eigenvalue weighted by Crippen LogP contribution is -2.42. The summed E-state index contributed by atoms with van der Waals surface area (Å²) in [6, 6.07) is 7.12. The number of nitrogens with zero attached hydrogens (tertiary/aromatic N) is 4. The van der Waals surface area contributed by atoms with Crippen molar-refractivity contribution in [3.8, 4) is 0 Å². The van der Waals surface area contributed by atoms with Crippen LogP contribution in [0.1, 0.15) is 32.8 Å². The summed E-state index contributed by atoms with van der Waals surface area (Å²) in [6.45, 7) is 5.98. The molecule has 0 bridgehead atoms. The molecule has 1 amide bonds. The molecular formula is C16H24N4O4. The van der Waals surface area contributed by atoms with Crippen molar-refractivity contribution < 1.29 is 19.7 Å². The number of hydrazine groups is 1. The molecule has 1 N–H and O–H groups in total. The van der Waals surface area contributed by atoms with E-state index in [9.17, 15) is 15.1 Å².